The van der Waals surface area contributed by atoms with E-state index in [1.807, 2.05) is 13.8 Å². The highest BCUT2D eigenvalue weighted by atomic mass is 19.4. The molecule has 0 saturated heterocycles. The molecule has 6 heteroatoms. The van der Waals surface area contributed by atoms with Crippen LogP contribution in [-0.4, -0.2) is 41.4 Å². The summed E-state index contributed by atoms with van der Waals surface area (Å²) in [5, 5.41) is 6.95. The van der Waals surface area contributed by atoms with Gasteiger partial charge in [-0.05, 0) is 32.9 Å². The molecule has 1 aromatic heterocycles. The van der Waals surface area contributed by atoms with Gasteiger partial charge in [-0.2, -0.15) is 18.3 Å². The summed E-state index contributed by atoms with van der Waals surface area (Å²) in [6.07, 6.45) is -3.40. The van der Waals surface area contributed by atoms with Gasteiger partial charge in [-0.25, -0.2) is 0 Å². The fourth-order valence-electron chi connectivity index (χ4n) is 1.91. The Bertz CT molecular complexity index is 365. The average Bonchev–Trinajstić information content (AvgIpc) is 2.54. The summed E-state index contributed by atoms with van der Waals surface area (Å²) in [5.74, 6) is -1.30. The second-order valence-electron chi connectivity index (χ2n) is 4.87. The molecule has 0 bridgehead atoms. The van der Waals surface area contributed by atoms with Gasteiger partial charge in [-0.15, -0.1) is 0 Å². The number of hydrogen-bond donors (Lipinski definition) is 1. The van der Waals surface area contributed by atoms with Gasteiger partial charge in [0.15, 0.2) is 0 Å². The van der Waals surface area contributed by atoms with Crippen LogP contribution in [-0.2, 0) is 6.42 Å². The standard InChI is InChI=1S/C12H20F3N3/c1-8(12(13,14)15)7-18(4)6-5-11-9(2)16-17-10(11)3/h8H,5-7H2,1-4H3,(H,16,17)/t8-/m1/s1. The van der Waals surface area contributed by atoms with Crippen molar-refractivity contribution in [2.45, 2.75) is 33.4 Å². The quantitative estimate of drug-likeness (QED) is 0.885. The Hall–Kier alpha value is -1.04. The molecule has 0 unspecified atom stereocenters. The minimum absolute atomic E-state index is 0.0272. The summed E-state index contributed by atoms with van der Waals surface area (Å²) in [4.78, 5) is 1.71. The first-order chi connectivity index (χ1) is 8.21. The fraction of sp³-hybridized carbons (Fsp3) is 0.750. The molecule has 1 atom stereocenters. The predicted octanol–water partition coefficient (Wildman–Crippen LogP) is 2.70. The first-order valence-electron chi connectivity index (χ1n) is 5.97. The highest BCUT2D eigenvalue weighted by Gasteiger charge is 2.36. The van der Waals surface area contributed by atoms with Crippen molar-refractivity contribution in [1.29, 1.82) is 0 Å². The molecular weight excluding hydrogens is 243 g/mol. The van der Waals surface area contributed by atoms with Crippen LogP contribution in [0.15, 0.2) is 0 Å². The van der Waals surface area contributed by atoms with E-state index in [1.165, 1.54) is 6.92 Å². The summed E-state index contributed by atoms with van der Waals surface area (Å²) >= 11 is 0. The second kappa shape index (κ2) is 5.73. The number of nitrogens with one attached hydrogen (secondary N) is 1. The highest BCUT2D eigenvalue weighted by molar-refractivity contribution is 5.23. The van der Waals surface area contributed by atoms with E-state index in [9.17, 15) is 13.2 Å². The van der Waals surface area contributed by atoms with Gasteiger partial charge in [0.05, 0.1) is 11.6 Å². The smallest absolute Gasteiger partial charge is 0.305 e. The number of rotatable bonds is 5. The number of likely N-dealkylation sites (N-methyl/N-ethyl adjacent to an activating group) is 1. The van der Waals surface area contributed by atoms with Gasteiger partial charge in [0.2, 0.25) is 0 Å². The number of aryl methyl sites for hydroxylation is 2. The molecule has 0 aliphatic rings. The SMILES string of the molecule is Cc1n[nH]c(C)c1CCN(C)C[C@@H](C)C(F)(F)F. The minimum atomic E-state index is -4.12. The van der Waals surface area contributed by atoms with Crippen LogP contribution in [0.4, 0.5) is 13.2 Å². The summed E-state index contributed by atoms with van der Waals surface area (Å²) in [6.45, 7) is 5.66. The zero-order valence-corrected chi connectivity index (χ0v) is 11.2. The number of nitrogens with zero attached hydrogens (tertiary/aromatic N) is 2. The van der Waals surface area contributed by atoms with Gasteiger partial charge in [0.1, 0.15) is 0 Å². The van der Waals surface area contributed by atoms with Crippen LogP contribution in [0, 0.1) is 19.8 Å². The van der Waals surface area contributed by atoms with Crippen LogP contribution in [0.25, 0.3) is 0 Å². The van der Waals surface area contributed by atoms with Gasteiger partial charge in [-0.1, -0.05) is 6.92 Å². The molecule has 0 fully saturated rings. The molecule has 1 aromatic rings. The molecule has 0 aliphatic carbocycles. The molecule has 1 rings (SSSR count). The van der Waals surface area contributed by atoms with Gasteiger partial charge in [0.25, 0.3) is 0 Å². The lowest BCUT2D eigenvalue weighted by atomic mass is 10.1. The van der Waals surface area contributed by atoms with Gasteiger partial charge in [0, 0.05) is 18.8 Å². The van der Waals surface area contributed by atoms with Crippen LogP contribution in [0.5, 0.6) is 0 Å². The molecule has 18 heavy (non-hydrogen) atoms. The Kier molecular flexibility index (Phi) is 4.78. The summed E-state index contributed by atoms with van der Waals surface area (Å²) in [6, 6.07) is 0. The van der Waals surface area contributed by atoms with Crippen LogP contribution in [0.3, 0.4) is 0 Å². The molecule has 0 aromatic carbocycles. The van der Waals surface area contributed by atoms with E-state index in [4.69, 9.17) is 0 Å². The lowest BCUT2D eigenvalue weighted by molar-refractivity contribution is -0.173. The molecule has 0 saturated carbocycles. The van der Waals surface area contributed by atoms with E-state index in [2.05, 4.69) is 10.2 Å². The molecule has 1 N–H and O–H groups in total. The van der Waals surface area contributed by atoms with Gasteiger partial charge < -0.3 is 4.90 Å². The summed E-state index contributed by atoms with van der Waals surface area (Å²) in [7, 11) is 1.72. The van der Waals surface area contributed by atoms with E-state index < -0.39 is 12.1 Å². The van der Waals surface area contributed by atoms with E-state index >= 15 is 0 Å². The Morgan fingerprint density at radius 3 is 2.39 bits per heavy atom. The maximum atomic E-state index is 12.4. The first-order valence-corrected chi connectivity index (χ1v) is 5.97. The summed E-state index contributed by atoms with van der Waals surface area (Å²) < 4.78 is 37.2. The van der Waals surface area contributed by atoms with Crippen LogP contribution < -0.4 is 0 Å². The molecule has 0 aliphatic heterocycles. The largest absolute Gasteiger partial charge is 0.392 e. The van der Waals surface area contributed by atoms with Crippen molar-refractivity contribution in [3.05, 3.63) is 17.0 Å². The zero-order valence-electron chi connectivity index (χ0n) is 11.2. The molecular formula is C12H20F3N3. The zero-order chi connectivity index (χ0) is 13.9. The number of alkyl halides is 3. The van der Waals surface area contributed by atoms with Gasteiger partial charge >= 0.3 is 6.18 Å². The normalized spacial score (nSPS) is 14.2. The number of hydrogen-bond acceptors (Lipinski definition) is 2. The number of H-pyrrole nitrogens is 1. The lowest BCUT2D eigenvalue weighted by Gasteiger charge is -2.23. The van der Waals surface area contributed by atoms with Crippen molar-refractivity contribution in [2.24, 2.45) is 5.92 Å². The predicted molar refractivity (Wildman–Crippen MR) is 64.5 cm³/mol. The van der Waals surface area contributed by atoms with E-state index in [1.54, 1.807) is 11.9 Å². The van der Waals surface area contributed by atoms with Gasteiger partial charge in [-0.3, -0.25) is 5.10 Å². The number of aromatic amines is 1. The fourth-order valence-corrected chi connectivity index (χ4v) is 1.91. The maximum absolute atomic E-state index is 12.4. The average molecular weight is 263 g/mol. The number of aromatic nitrogens is 2. The Balaban J connectivity index is 2.45. The minimum Gasteiger partial charge on any atom is -0.305 e. The van der Waals surface area contributed by atoms with Crippen molar-refractivity contribution in [2.75, 3.05) is 20.1 Å². The molecule has 1 heterocycles. The van der Waals surface area contributed by atoms with Crippen molar-refractivity contribution < 1.29 is 13.2 Å². The third-order valence-corrected chi connectivity index (χ3v) is 3.17. The molecule has 0 spiro atoms. The third-order valence-electron chi connectivity index (χ3n) is 3.17. The third kappa shape index (κ3) is 4.01. The van der Waals surface area contributed by atoms with E-state index in [0.717, 1.165) is 23.4 Å². The molecule has 0 amide bonds. The monoisotopic (exact) mass is 263 g/mol. The second-order valence-corrected chi connectivity index (χ2v) is 4.87. The Labute approximate surface area is 105 Å². The van der Waals surface area contributed by atoms with Crippen molar-refractivity contribution >= 4 is 0 Å². The van der Waals surface area contributed by atoms with E-state index in [-0.39, 0.29) is 6.54 Å². The van der Waals surface area contributed by atoms with Crippen LogP contribution in [0.2, 0.25) is 0 Å². The maximum Gasteiger partial charge on any atom is 0.392 e. The van der Waals surface area contributed by atoms with Crippen molar-refractivity contribution in [1.82, 2.24) is 15.1 Å². The van der Waals surface area contributed by atoms with Crippen molar-refractivity contribution in [3.8, 4) is 0 Å². The summed E-state index contributed by atoms with van der Waals surface area (Å²) in [5.41, 5.74) is 3.01. The number of halogens is 3. The first kappa shape index (κ1) is 15.0. The topological polar surface area (TPSA) is 31.9 Å². The van der Waals surface area contributed by atoms with Crippen LogP contribution in [0.1, 0.15) is 23.9 Å². The van der Waals surface area contributed by atoms with E-state index in [0.29, 0.717) is 6.54 Å². The Morgan fingerprint density at radius 2 is 1.94 bits per heavy atom. The van der Waals surface area contributed by atoms with Crippen molar-refractivity contribution in [3.63, 3.8) is 0 Å². The Morgan fingerprint density at radius 1 is 1.33 bits per heavy atom. The molecule has 104 valence electrons. The highest BCUT2D eigenvalue weighted by Crippen LogP contribution is 2.26. The molecule has 3 nitrogen and oxygen atoms in total. The molecule has 0 radical (unpaired) electrons. The van der Waals surface area contributed by atoms with Crippen LogP contribution >= 0.6 is 0 Å². The lowest BCUT2D eigenvalue weighted by Crippen LogP contribution is -2.34.